The molecule has 3 heterocycles. The van der Waals surface area contributed by atoms with E-state index < -0.39 is 4.92 Å². The molecule has 0 saturated carbocycles. The van der Waals surface area contributed by atoms with Crippen molar-refractivity contribution in [3.63, 3.8) is 0 Å². The van der Waals surface area contributed by atoms with Gasteiger partial charge in [0.15, 0.2) is 5.65 Å². The van der Waals surface area contributed by atoms with Crippen LogP contribution in [0.15, 0.2) is 36.7 Å². The topological polar surface area (TPSA) is 96.9 Å². The van der Waals surface area contributed by atoms with Gasteiger partial charge in [-0.3, -0.25) is 14.9 Å². The van der Waals surface area contributed by atoms with Gasteiger partial charge in [-0.15, -0.1) is 0 Å². The molecule has 0 N–H and O–H groups in total. The first-order valence-electron chi connectivity index (χ1n) is 8.74. The van der Waals surface area contributed by atoms with Crippen molar-refractivity contribution in [1.29, 1.82) is 0 Å². The van der Waals surface area contributed by atoms with Gasteiger partial charge in [0.1, 0.15) is 11.3 Å². The molecule has 1 aliphatic rings. The van der Waals surface area contributed by atoms with Crippen molar-refractivity contribution in [3.8, 4) is 0 Å². The third-order valence-corrected chi connectivity index (χ3v) is 5.06. The first kappa shape index (κ1) is 18.2. The number of carbonyl (C=O) groups is 1. The van der Waals surface area contributed by atoms with E-state index in [2.05, 4.69) is 10.1 Å². The van der Waals surface area contributed by atoms with E-state index in [-0.39, 0.29) is 11.6 Å². The van der Waals surface area contributed by atoms with Crippen LogP contribution in [0.25, 0.3) is 5.65 Å². The summed E-state index contributed by atoms with van der Waals surface area (Å²) in [5.74, 6) is -0.128. The number of nitro groups is 1. The second-order valence-corrected chi connectivity index (χ2v) is 6.95. The van der Waals surface area contributed by atoms with Crippen molar-refractivity contribution < 1.29 is 9.72 Å². The van der Waals surface area contributed by atoms with Crippen LogP contribution in [-0.4, -0.2) is 56.5 Å². The Morgan fingerprint density at radius 3 is 2.71 bits per heavy atom. The van der Waals surface area contributed by atoms with Gasteiger partial charge in [-0.1, -0.05) is 11.6 Å². The Bertz CT molecular complexity index is 1070. The molecule has 4 rings (SSSR count). The van der Waals surface area contributed by atoms with Gasteiger partial charge in [0, 0.05) is 49.7 Å². The van der Waals surface area contributed by atoms with E-state index in [1.165, 1.54) is 6.07 Å². The zero-order valence-corrected chi connectivity index (χ0v) is 15.8. The predicted octanol–water partition coefficient (Wildman–Crippen LogP) is 2.56. The maximum Gasteiger partial charge on any atom is 0.294 e. The second-order valence-electron chi connectivity index (χ2n) is 6.52. The normalized spacial score (nSPS) is 14.5. The van der Waals surface area contributed by atoms with Gasteiger partial charge in [0.25, 0.3) is 11.6 Å². The summed E-state index contributed by atoms with van der Waals surface area (Å²) in [6.07, 6.45) is 3.38. The number of aromatic nitrogens is 3. The SMILES string of the molecule is Cc1nn2cccnc2c1C(=O)N1CCN(c2ccc(Cl)cc2[N+](=O)[O-])CC1. The van der Waals surface area contributed by atoms with Crippen molar-refractivity contribution in [2.24, 2.45) is 0 Å². The molecule has 1 saturated heterocycles. The molecule has 1 aromatic carbocycles. The molecule has 0 atom stereocenters. The van der Waals surface area contributed by atoms with Crippen LogP contribution in [-0.2, 0) is 0 Å². The number of aryl methyl sites for hydroxylation is 1. The highest BCUT2D eigenvalue weighted by Gasteiger charge is 2.29. The summed E-state index contributed by atoms with van der Waals surface area (Å²) in [4.78, 5) is 31.9. The van der Waals surface area contributed by atoms with E-state index >= 15 is 0 Å². The standard InChI is InChI=1S/C18H17ClN6O3/c1-12-16(17-20-5-2-6-24(17)21-12)18(26)23-9-7-22(8-10-23)14-4-3-13(19)11-15(14)25(27)28/h2-6,11H,7-10H2,1H3. The molecule has 28 heavy (non-hydrogen) atoms. The monoisotopic (exact) mass is 400 g/mol. The Morgan fingerprint density at radius 1 is 1.25 bits per heavy atom. The molecule has 1 aliphatic heterocycles. The summed E-state index contributed by atoms with van der Waals surface area (Å²) in [7, 11) is 0. The van der Waals surface area contributed by atoms with E-state index in [0.717, 1.165) is 0 Å². The molecule has 0 spiro atoms. The van der Waals surface area contributed by atoms with Gasteiger partial charge >= 0.3 is 0 Å². The largest absolute Gasteiger partial charge is 0.362 e. The minimum atomic E-state index is -0.438. The van der Waals surface area contributed by atoms with Gasteiger partial charge in [0.2, 0.25) is 0 Å². The van der Waals surface area contributed by atoms with Crippen molar-refractivity contribution in [2.75, 3.05) is 31.1 Å². The minimum Gasteiger partial charge on any atom is -0.362 e. The molecule has 0 radical (unpaired) electrons. The van der Waals surface area contributed by atoms with E-state index in [0.29, 0.717) is 53.8 Å². The summed E-state index contributed by atoms with van der Waals surface area (Å²) in [6, 6.07) is 6.39. The molecule has 3 aromatic rings. The summed E-state index contributed by atoms with van der Waals surface area (Å²) < 4.78 is 1.59. The van der Waals surface area contributed by atoms with Crippen LogP contribution >= 0.6 is 11.6 Å². The van der Waals surface area contributed by atoms with E-state index in [1.54, 1.807) is 46.9 Å². The van der Waals surface area contributed by atoms with E-state index in [1.807, 2.05) is 4.90 Å². The van der Waals surface area contributed by atoms with Gasteiger partial charge in [-0.2, -0.15) is 5.10 Å². The number of carbonyl (C=O) groups excluding carboxylic acids is 1. The summed E-state index contributed by atoms with van der Waals surface area (Å²) in [5.41, 5.74) is 2.12. The van der Waals surface area contributed by atoms with Gasteiger partial charge in [-0.05, 0) is 25.1 Å². The maximum atomic E-state index is 13.0. The smallest absolute Gasteiger partial charge is 0.294 e. The van der Waals surface area contributed by atoms with Crippen LogP contribution < -0.4 is 4.90 Å². The Labute approximate surface area is 165 Å². The van der Waals surface area contributed by atoms with Crippen molar-refractivity contribution in [1.82, 2.24) is 19.5 Å². The molecule has 144 valence electrons. The fraction of sp³-hybridized carbons (Fsp3) is 0.278. The number of amides is 1. The van der Waals surface area contributed by atoms with Crippen LogP contribution in [0.5, 0.6) is 0 Å². The highest BCUT2D eigenvalue weighted by atomic mass is 35.5. The quantitative estimate of drug-likeness (QED) is 0.495. The lowest BCUT2D eigenvalue weighted by Crippen LogP contribution is -2.49. The number of halogens is 1. The molecular weight excluding hydrogens is 384 g/mol. The lowest BCUT2D eigenvalue weighted by atomic mass is 10.1. The summed E-state index contributed by atoms with van der Waals surface area (Å²) in [5, 5.41) is 16.0. The highest BCUT2D eigenvalue weighted by molar-refractivity contribution is 6.30. The third-order valence-electron chi connectivity index (χ3n) is 4.83. The number of fused-ring (bicyclic) bond motifs is 1. The molecule has 0 bridgehead atoms. The second kappa shape index (κ2) is 7.08. The number of anilines is 1. The number of hydrogen-bond donors (Lipinski definition) is 0. The van der Waals surface area contributed by atoms with E-state index in [9.17, 15) is 14.9 Å². The number of nitro benzene ring substituents is 1. The fourth-order valence-corrected chi connectivity index (χ4v) is 3.63. The maximum absolute atomic E-state index is 13.0. The Morgan fingerprint density at radius 2 is 2.00 bits per heavy atom. The van der Waals surface area contributed by atoms with Crippen LogP contribution in [0.4, 0.5) is 11.4 Å². The lowest BCUT2D eigenvalue weighted by molar-refractivity contribution is -0.384. The minimum absolute atomic E-state index is 0.0325. The van der Waals surface area contributed by atoms with Gasteiger partial charge in [-0.25, -0.2) is 9.50 Å². The lowest BCUT2D eigenvalue weighted by Gasteiger charge is -2.35. The molecule has 1 amide bonds. The molecule has 0 unspecified atom stereocenters. The van der Waals surface area contributed by atoms with Crippen molar-refractivity contribution in [2.45, 2.75) is 6.92 Å². The average Bonchev–Trinajstić information content (AvgIpc) is 3.03. The zero-order valence-electron chi connectivity index (χ0n) is 15.1. The summed E-state index contributed by atoms with van der Waals surface area (Å²) in [6.45, 7) is 3.65. The molecule has 9 nitrogen and oxygen atoms in total. The van der Waals surface area contributed by atoms with Gasteiger partial charge in [0.05, 0.1) is 10.6 Å². The number of benzene rings is 1. The molecule has 10 heteroatoms. The fourth-order valence-electron chi connectivity index (χ4n) is 3.47. The molecule has 1 fully saturated rings. The summed E-state index contributed by atoms with van der Waals surface area (Å²) >= 11 is 5.89. The Balaban J connectivity index is 1.54. The molecular formula is C18H17ClN6O3. The number of hydrogen-bond acceptors (Lipinski definition) is 6. The first-order chi connectivity index (χ1) is 13.5. The van der Waals surface area contributed by atoms with Crippen LogP contribution in [0.1, 0.15) is 16.1 Å². The van der Waals surface area contributed by atoms with Crippen LogP contribution in [0, 0.1) is 17.0 Å². The number of piperazine rings is 1. The zero-order chi connectivity index (χ0) is 19.8. The highest BCUT2D eigenvalue weighted by Crippen LogP contribution is 2.31. The van der Waals surface area contributed by atoms with Crippen LogP contribution in [0.2, 0.25) is 5.02 Å². The number of nitrogens with zero attached hydrogens (tertiary/aromatic N) is 6. The van der Waals surface area contributed by atoms with Crippen molar-refractivity contribution in [3.05, 3.63) is 63.1 Å². The molecule has 0 aliphatic carbocycles. The predicted molar refractivity (Wildman–Crippen MR) is 104 cm³/mol. The van der Waals surface area contributed by atoms with Gasteiger partial charge < -0.3 is 9.80 Å². The van der Waals surface area contributed by atoms with Crippen molar-refractivity contribution >= 4 is 34.5 Å². The first-order valence-corrected chi connectivity index (χ1v) is 9.11. The number of rotatable bonds is 3. The molecule has 2 aromatic heterocycles. The average molecular weight is 401 g/mol. The van der Waals surface area contributed by atoms with Crippen LogP contribution in [0.3, 0.4) is 0 Å². The van der Waals surface area contributed by atoms with E-state index in [4.69, 9.17) is 11.6 Å². The Kier molecular flexibility index (Phi) is 4.60. The Hall–Kier alpha value is -3.20. The third kappa shape index (κ3) is 3.13.